The SMILES string of the molecule is Cc1cc(Nc2ccc(NC3CCOCC3)cc2)nc(-c2cccc([N+](=O)[O-])c2)n1. The summed E-state index contributed by atoms with van der Waals surface area (Å²) in [5.41, 5.74) is 3.36. The molecule has 1 fully saturated rings. The Morgan fingerprint density at radius 1 is 1.03 bits per heavy atom. The van der Waals surface area contributed by atoms with Crippen LogP contribution >= 0.6 is 0 Å². The molecule has 0 amide bonds. The molecule has 1 aliphatic rings. The lowest BCUT2D eigenvalue weighted by molar-refractivity contribution is -0.384. The van der Waals surface area contributed by atoms with Crippen LogP contribution in [0.25, 0.3) is 11.4 Å². The lowest BCUT2D eigenvalue weighted by Gasteiger charge is -2.24. The first-order chi connectivity index (χ1) is 14.6. The number of nitro benzene ring substituents is 1. The van der Waals surface area contributed by atoms with Gasteiger partial charge in [0.15, 0.2) is 5.82 Å². The highest BCUT2D eigenvalue weighted by atomic mass is 16.6. The molecule has 30 heavy (non-hydrogen) atoms. The summed E-state index contributed by atoms with van der Waals surface area (Å²) < 4.78 is 5.40. The number of non-ortho nitro benzene ring substituents is 1. The summed E-state index contributed by atoms with van der Waals surface area (Å²) in [5.74, 6) is 1.08. The third-order valence-corrected chi connectivity index (χ3v) is 4.92. The lowest BCUT2D eigenvalue weighted by atomic mass is 10.1. The monoisotopic (exact) mass is 405 g/mol. The van der Waals surface area contributed by atoms with Crippen LogP contribution in [0.2, 0.25) is 0 Å². The normalized spacial score (nSPS) is 14.3. The van der Waals surface area contributed by atoms with Crippen molar-refractivity contribution in [3.8, 4) is 11.4 Å². The predicted octanol–water partition coefficient (Wildman–Crippen LogP) is 4.69. The number of benzene rings is 2. The van der Waals surface area contributed by atoms with Crippen LogP contribution in [0.1, 0.15) is 18.5 Å². The zero-order valence-electron chi connectivity index (χ0n) is 16.7. The number of aryl methyl sites for hydroxylation is 1. The van der Waals surface area contributed by atoms with Gasteiger partial charge < -0.3 is 15.4 Å². The molecule has 3 aromatic rings. The topological polar surface area (TPSA) is 102 Å². The minimum atomic E-state index is -0.422. The lowest BCUT2D eigenvalue weighted by Crippen LogP contribution is -2.27. The van der Waals surface area contributed by atoms with Gasteiger partial charge in [-0.05, 0) is 44.0 Å². The molecule has 0 saturated carbocycles. The van der Waals surface area contributed by atoms with Crippen molar-refractivity contribution in [1.82, 2.24) is 9.97 Å². The molecule has 4 rings (SSSR count). The van der Waals surface area contributed by atoms with Gasteiger partial charge in [-0.15, -0.1) is 0 Å². The van der Waals surface area contributed by atoms with Crippen molar-refractivity contribution < 1.29 is 9.66 Å². The van der Waals surface area contributed by atoms with Gasteiger partial charge in [0.1, 0.15) is 5.82 Å². The second-order valence-corrected chi connectivity index (χ2v) is 7.26. The van der Waals surface area contributed by atoms with Gasteiger partial charge >= 0.3 is 0 Å². The maximum Gasteiger partial charge on any atom is 0.270 e. The van der Waals surface area contributed by atoms with Crippen molar-refractivity contribution in [2.24, 2.45) is 0 Å². The highest BCUT2D eigenvalue weighted by Gasteiger charge is 2.13. The Hall–Kier alpha value is -3.52. The van der Waals surface area contributed by atoms with Gasteiger partial charge in [0.25, 0.3) is 5.69 Å². The van der Waals surface area contributed by atoms with E-state index in [-0.39, 0.29) is 5.69 Å². The predicted molar refractivity (Wildman–Crippen MR) is 116 cm³/mol. The Bertz CT molecular complexity index is 1030. The van der Waals surface area contributed by atoms with E-state index < -0.39 is 4.92 Å². The Balaban J connectivity index is 1.49. The summed E-state index contributed by atoms with van der Waals surface area (Å²) in [6.45, 7) is 3.48. The fraction of sp³-hybridized carbons (Fsp3) is 0.273. The van der Waals surface area contributed by atoms with Crippen molar-refractivity contribution in [1.29, 1.82) is 0 Å². The highest BCUT2D eigenvalue weighted by molar-refractivity contribution is 5.64. The maximum absolute atomic E-state index is 11.1. The van der Waals surface area contributed by atoms with E-state index in [4.69, 9.17) is 4.74 Å². The number of rotatable bonds is 6. The Kier molecular flexibility index (Phi) is 5.85. The van der Waals surface area contributed by atoms with E-state index in [1.807, 2.05) is 37.3 Å². The minimum Gasteiger partial charge on any atom is -0.382 e. The average molecular weight is 405 g/mol. The molecule has 1 aliphatic heterocycles. The van der Waals surface area contributed by atoms with Crippen LogP contribution in [0, 0.1) is 17.0 Å². The number of hydrogen-bond acceptors (Lipinski definition) is 7. The molecule has 8 nitrogen and oxygen atoms in total. The molecule has 2 heterocycles. The minimum absolute atomic E-state index is 0.0136. The number of hydrogen-bond donors (Lipinski definition) is 2. The zero-order valence-corrected chi connectivity index (χ0v) is 16.7. The third kappa shape index (κ3) is 4.90. The summed E-state index contributed by atoms with van der Waals surface area (Å²) in [6, 6.07) is 16.7. The van der Waals surface area contributed by atoms with E-state index in [1.165, 1.54) is 12.1 Å². The molecule has 0 unspecified atom stereocenters. The van der Waals surface area contributed by atoms with Crippen LogP contribution < -0.4 is 10.6 Å². The molecule has 2 aromatic carbocycles. The van der Waals surface area contributed by atoms with Crippen LogP contribution in [-0.4, -0.2) is 34.1 Å². The molecule has 8 heteroatoms. The van der Waals surface area contributed by atoms with Crippen LogP contribution in [0.5, 0.6) is 0 Å². The summed E-state index contributed by atoms with van der Waals surface area (Å²) >= 11 is 0. The summed E-state index contributed by atoms with van der Waals surface area (Å²) in [7, 11) is 0. The molecular weight excluding hydrogens is 382 g/mol. The molecule has 0 spiro atoms. The third-order valence-electron chi connectivity index (χ3n) is 4.92. The number of nitro groups is 1. The summed E-state index contributed by atoms with van der Waals surface area (Å²) in [4.78, 5) is 19.6. The second-order valence-electron chi connectivity index (χ2n) is 7.26. The standard InChI is InChI=1S/C22H23N5O3/c1-15-13-21(26-22(23-15)16-3-2-4-20(14-16)27(28)29)25-18-7-5-17(6-8-18)24-19-9-11-30-12-10-19/h2-8,13-14,19,24H,9-12H2,1H3,(H,23,25,26). The molecule has 1 aromatic heterocycles. The van der Waals surface area contributed by atoms with E-state index in [9.17, 15) is 10.1 Å². The first kappa shape index (κ1) is 19.8. The molecule has 0 radical (unpaired) electrons. The van der Waals surface area contributed by atoms with Gasteiger partial charge in [-0.3, -0.25) is 10.1 Å². The van der Waals surface area contributed by atoms with Crippen molar-refractivity contribution >= 4 is 22.9 Å². The van der Waals surface area contributed by atoms with Crippen molar-refractivity contribution in [2.45, 2.75) is 25.8 Å². The van der Waals surface area contributed by atoms with Gasteiger partial charge in [0.2, 0.25) is 0 Å². The van der Waals surface area contributed by atoms with Crippen LogP contribution in [-0.2, 0) is 4.74 Å². The van der Waals surface area contributed by atoms with Gasteiger partial charge in [0, 0.05) is 60.1 Å². The fourth-order valence-electron chi connectivity index (χ4n) is 3.40. The van der Waals surface area contributed by atoms with Crippen LogP contribution in [0.15, 0.2) is 54.6 Å². The fourth-order valence-corrected chi connectivity index (χ4v) is 3.40. The van der Waals surface area contributed by atoms with Gasteiger partial charge in [-0.25, -0.2) is 9.97 Å². The van der Waals surface area contributed by atoms with E-state index in [2.05, 4.69) is 20.6 Å². The van der Waals surface area contributed by atoms with E-state index in [0.717, 1.165) is 43.1 Å². The van der Waals surface area contributed by atoms with Crippen LogP contribution in [0.3, 0.4) is 0 Å². The highest BCUT2D eigenvalue weighted by Crippen LogP contribution is 2.25. The Morgan fingerprint density at radius 3 is 2.50 bits per heavy atom. The van der Waals surface area contributed by atoms with E-state index in [1.54, 1.807) is 12.1 Å². The van der Waals surface area contributed by atoms with Crippen molar-refractivity contribution in [3.63, 3.8) is 0 Å². The number of nitrogens with zero attached hydrogens (tertiary/aromatic N) is 3. The molecule has 0 bridgehead atoms. The average Bonchev–Trinajstić information content (AvgIpc) is 2.75. The Morgan fingerprint density at radius 2 is 1.77 bits per heavy atom. The van der Waals surface area contributed by atoms with Crippen molar-refractivity contribution in [3.05, 3.63) is 70.4 Å². The largest absolute Gasteiger partial charge is 0.382 e. The Labute approximate surface area is 174 Å². The van der Waals surface area contributed by atoms with E-state index >= 15 is 0 Å². The molecule has 0 atom stereocenters. The second kappa shape index (κ2) is 8.87. The molecule has 1 saturated heterocycles. The maximum atomic E-state index is 11.1. The van der Waals surface area contributed by atoms with Crippen molar-refractivity contribution in [2.75, 3.05) is 23.8 Å². The number of nitrogens with one attached hydrogen (secondary N) is 2. The number of anilines is 3. The molecule has 2 N–H and O–H groups in total. The van der Waals surface area contributed by atoms with E-state index in [0.29, 0.717) is 23.2 Å². The molecular formula is C22H23N5O3. The van der Waals surface area contributed by atoms with Gasteiger partial charge in [0.05, 0.1) is 4.92 Å². The first-order valence-corrected chi connectivity index (χ1v) is 9.89. The molecule has 154 valence electrons. The molecule has 0 aliphatic carbocycles. The zero-order chi connectivity index (χ0) is 20.9. The quantitative estimate of drug-likeness (QED) is 0.453. The summed E-state index contributed by atoms with van der Waals surface area (Å²) in [6.07, 6.45) is 2.03. The van der Waals surface area contributed by atoms with Gasteiger partial charge in [-0.1, -0.05) is 12.1 Å². The van der Waals surface area contributed by atoms with Gasteiger partial charge in [-0.2, -0.15) is 0 Å². The smallest absolute Gasteiger partial charge is 0.270 e. The summed E-state index contributed by atoms with van der Waals surface area (Å²) in [5, 5.41) is 17.9. The number of ether oxygens (including phenoxy) is 1. The number of aromatic nitrogens is 2. The first-order valence-electron chi connectivity index (χ1n) is 9.89. The van der Waals surface area contributed by atoms with Crippen LogP contribution in [0.4, 0.5) is 22.9 Å².